The van der Waals surface area contributed by atoms with Crippen molar-refractivity contribution < 1.29 is 18.6 Å². The van der Waals surface area contributed by atoms with E-state index in [2.05, 4.69) is 55.4 Å². The first-order valence-corrected chi connectivity index (χ1v) is 26.2. The van der Waals surface area contributed by atoms with Gasteiger partial charge in [-0.05, 0) is 147 Å². The van der Waals surface area contributed by atoms with E-state index in [0.29, 0.717) is 72.7 Å². The first kappa shape index (κ1) is 51.1. The van der Waals surface area contributed by atoms with Gasteiger partial charge in [-0.2, -0.15) is 0 Å². The highest BCUT2D eigenvalue weighted by Gasteiger charge is 2.37. The second-order valence-corrected chi connectivity index (χ2v) is 19.2. The number of phenols is 2. The Morgan fingerprint density at radius 3 is 0.596 bits per heavy atom. The summed E-state index contributed by atoms with van der Waals surface area (Å²) >= 11 is 0. The van der Waals surface area contributed by atoms with Crippen molar-refractivity contribution in [3.8, 4) is 11.5 Å². The molecule has 0 unspecified atom stereocenters. The molecule has 0 fully saturated rings. The zero-order chi connectivity index (χ0) is 42.1. The Bertz CT molecular complexity index is 1320. The Morgan fingerprint density at radius 1 is 0.281 bits per heavy atom. The molecule has 4 nitrogen and oxygen atoms in total. The second kappa shape index (κ2) is 29.3. The Kier molecular flexibility index (Phi) is 26.2. The van der Waals surface area contributed by atoms with Crippen molar-refractivity contribution in [2.75, 3.05) is 0 Å². The molecule has 0 aliphatic rings. The third-order valence-electron chi connectivity index (χ3n) is 12.5. The van der Waals surface area contributed by atoms with Gasteiger partial charge in [-0.1, -0.05) is 158 Å². The maximum atomic E-state index is 16.6. The Hall–Kier alpha value is -2.01. The molecule has 2 aromatic carbocycles. The van der Waals surface area contributed by atoms with Crippen molar-refractivity contribution in [3.05, 3.63) is 44.5 Å². The maximum absolute atomic E-state index is 16.6. The summed E-state index contributed by atoms with van der Waals surface area (Å²) < 4.78 is 33.3. The lowest BCUT2D eigenvalue weighted by atomic mass is 9.86. The zero-order valence-corrected chi connectivity index (χ0v) is 39.6. The summed E-state index contributed by atoms with van der Waals surface area (Å²) in [4.78, 5) is 1.12. The van der Waals surface area contributed by atoms with E-state index in [1.165, 1.54) is 0 Å². The number of aromatic hydroxyl groups is 2. The number of hydrogen-bond donors (Lipinski definition) is 2. The molecule has 0 atom stereocenters. The van der Waals surface area contributed by atoms with E-state index >= 15 is 8.42 Å². The van der Waals surface area contributed by atoms with Crippen LogP contribution in [-0.4, -0.2) is 18.6 Å². The van der Waals surface area contributed by atoms with Crippen LogP contribution in [0.1, 0.15) is 254 Å². The molecule has 5 heteroatoms. The standard InChI is InChI=1S/C52H90O4S/c1-9-17-25-33-41-45(37-29-21-13-5)51(46(38-30-22-14-6)42(49(41)53)34-26-18-10-2)57(55,56)52-47(39-31-23-15-7)43(35-27-19-11-3)50(54)44(36-28-20-12-4)48(52)40-32-24-16-8/h53-54H,9-40H2,1-8H3. The fourth-order valence-corrected chi connectivity index (χ4v) is 11.6. The Morgan fingerprint density at radius 2 is 0.439 bits per heavy atom. The minimum Gasteiger partial charge on any atom is -0.507 e. The molecule has 57 heavy (non-hydrogen) atoms. The van der Waals surface area contributed by atoms with Crippen molar-refractivity contribution in [3.63, 3.8) is 0 Å². The molecule has 0 aliphatic heterocycles. The molecule has 2 N–H and O–H groups in total. The number of sulfone groups is 1. The molecule has 0 aromatic heterocycles. The summed E-state index contributed by atoms with van der Waals surface area (Å²) in [5, 5.41) is 24.9. The van der Waals surface area contributed by atoms with Gasteiger partial charge in [0, 0.05) is 0 Å². The summed E-state index contributed by atoms with van der Waals surface area (Å²) in [6, 6.07) is 0. The van der Waals surface area contributed by atoms with E-state index in [-0.39, 0.29) is 0 Å². The van der Waals surface area contributed by atoms with Crippen LogP contribution in [0.2, 0.25) is 0 Å². The average molecular weight is 811 g/mol. The fraction of sp³-hybridized carbons (Fsp3) is 0.769. The lowest BCUT2D eigenvalue weighted by Crippen LogP contribution is -2.20. The normalized spacial score (nSPS) is 11.9. The van der Waals surface area contributed by atoms with Crippen LogP contribution in [0.15, 0.2) is 9.79 Å². The van der Waals surface area contributed by atoms with E-state index < -0.39 is 9.84 Å². The Labute approximate surface area is 353 Å². The number of phenolic OH excluding ortho intramolecular Hbond substituents is 2. The molecule has 0 saturated heterocycles. The van der Waals surface area contributed by atoms with Gasteiger partial charge in [0.25, 0.3) is 0 Å². The van der Waals surface area contributed by atoms with Crippen molar-refractivity contribution in [1.82, 2.24) is 0 Å². The minimum atomic E-state index is -4.08. The minimum absolute atomic E-state index is 0.400. The lowest BCUT2D eigenvalue weighted by molar-refractivity contribution is 0.452. The summed E-state index contributed by atoms with van der Waals surface area (Å²) in [5.41, 5.74) is 7.29. The molecule has 2 aromatic rings. The predicted molar refractivity (Wildman–Crippen MR) is 247 cm³/mol. The molecule has 0 bridgehead atoms. The van der Waals surface area contributed by atoms with E-state index in [1.54, 1.807) is 0 Å². The van der Waals surface area contributed by atoms with E-state index in [1.807, 2.05) is 0 Å². The highest BCUT2D eigenvalue weighted by Crippen LogP contribution is 2.47. The maximum Gasteiger partial charge on any atom is 0.207 e. The first-order valence-electron chi connectivity index (χ1n) is 24.7. The predicted octanol–water partition coefficient (Wildman–Crippen LogP) is 15.8. The van der Waals surface area contributed by atoms with Gasteiger partial charge in [0.1, 0.15) is 11.5 Å². The van der Waals surface area contributed by atoms with Crippen LogP contribution in [0.25, 0.3) is 0 Å². The quantitative estimate of drug-likeness (QED) is 0.0691. The van der Waals surface area contributed by atoms with Gasteiger partial charge in [0.15, 0.2) is 0 Å². The molecule has 0 spiro atoms. The van der Waals surface area contributed by atoms with Crippen LogP contribution in [0.4, 0.5) is 0 Å². The molecule has 0 aliphatic carbocycles. The molecule has 0 amide bonds. The third kappa shape index (κ3) is 15.2. The van der Waals surface area contributed by atoms with E-state index in [0.717, 1.165) is 199 Å². The summed E-state index contributed by atoms with van der Waals surface area (Å²) in [6.07, 6.45) is 29.9. The molecule has 0 saturated carbocycles. The number of unbranched alkanes of at least 4 members (excludes halogenated alkanes) is 16. The summed E-state index contributed by atoms with van der Waals surface area (Å²) in [7, 11) is -4.08. The van der Waals surface area contributed by atoms with Crippen LogP contribution in [0, 0.1) is 0 Å². The fourth-order valence-electron chi connectivity index (χ4n) is 9.15. The van der Waals surface area contributed by atoms with Gasteiger partial charge >= 0.3 is 0 Å². The van der Waals surface area contributed by atoms with Gasteiger partial charge in [0.05, 0.1) is 9.79 Å². The molecule has 0 radical (unpaired) electrons. The zero-order valence-electron chi connectivity index (χ0n) is 38.7. The lowest BCUT2D eigenvalue weighted by Gasteiger charge is -2.29. The van der Waals surface area contributed by atoms with Crippen molar-refractivity contribution in [2.24, 2.45) is 0 Å². The van der Waals surface area contributed by atoms with Gasteiger partial charge in [-0.25, -0.2) is 8.42 Å². The molecule has 2 rings (SSSR count). The van der Waals surface area contributed by atoms with Gasteiger partial charge in [0.2, 0.25) is 9.84 Å². The number of hydrogen-bond acceptors (Lipinski definition) is 4. The van der Waals surface area contributed by atoms with Crippen LogP contribution < -0.4 is 0 Å². The molecular formula is C52H90O4S. The largest absolute Gasteiger partial charge is 0.507 e. The average Bonchev–Trinajstić information content (AvgIpc) is 3.19. The highest BCUT2D eigenvalue weighted by molar-refractivity contribution is 7.91. The van der Waals surface area contributed by atoms with Gasteiger partial charge in [-0.15, -0.1) is 0 Å². The third-order valence-corrected chi connectivity index (χ3v) is 14.5. The Balaban J connectivity index is 3.39. The van der Waals surface area contributed by atoms with Crippen molar-refractivity contribution >= 4 is 9.84 Å². The van der Waals surface area contributed by atoms with Crippen molar-refractivity contribution in [1.29, 1.82) is 0 Å². The molecule has 328 valence electrons. The van der Waals surface area contributed by atoms with Crippen LogP contribution in [0.3, 0.4) is 0 Å². The smallest absolute Gasteiger partial charge is 0.207 e. The molecular weight excluding hydrogens is 721 g/mol. The topological polar surface area (TPSA) is 74.6 Å². The molecule has 0 heterocycles. The summed E-state index contributed by atoms with van der Waals surface area (Å²) in [5.74, 6) is 0.799. The van der Waals surface area contributed by atoms with Gasteiger partial charge in [-0.3, -0.25) is 0 Å². The number of rotatable bonds is 34. The van der Waals surface area contributed by atoms with Crippen LogP contribution in [0.5, 0.6) is 11.5 Å². The van der Waals surface area contributed by atoms with Crippen LogP contribution in [-0.2, 0) is 61.2 Å². The first-order chi connectivity index (χ1) is 27.7. The monoisotopic (exact) mass is 811 g/mol. The SMILES string of the molecule is CCCCCc1c(O)c(CCCCC)c(CCCCC)c(S(=O)(=O)c2c(CCCCC)c(CCCCC)c(O)c(CCCCC)c2CCCCC)c1CCCCC. The van der Waals surface area contributed by atoms with E-state index in [9.17, 15) is 10.2 Å². The second-order valence-electron chi connectivity index (χ2n) is 17.3. The van der Waals surface area contributed by atoms with Gasteiger partial charge < -0.3 is 10.2 Å². The summed E-state index contributed by atoms with van der Waals surface area (Å²) in [6.45, 7) is 17.7. The van der Waals surface area contributed by atoms with Crippen LogP contribution >= 0.6 is 0 Å². The van der Waals surface area contributed by atoms with Crippen molar-refractivity contribution in [2.45, 2.75) is 271 Å². The van der Waals surface area contributed by atoms with E-state index in [4.69, 9.17) is 0 Å². The highest BCUT2D eigenvalue weighted by atomic mass is 32.2. The number of benzene rings is 2.